The van der Waals surface area contributed by atoms with Gasteiger partial charge < -0.3 is 10.5 Å². The number of nitrogens with zero attached hydrogens (tertiary/aromatic N) is 1. The van der Waals surface area contributed by atoms with Gasteiger partial charge in [-0.05, 0) is 12.1 Å². The number of aliphatic imine (C=N–C) groups is 1. The molecule has 58 valence electrons. The van der Waals surface area contributed by atoms with Crippen LogP contribution in [-0.4, -0.2) is 13.4 Å². The summed E-state index contributed by atoms with van der Waals surface area (Å²) in [7, 11) is 1.65. The molecule has 0 atom stereocenters. The van der Waals surface area contributed by atoms with Crippen LogP contribution in [0.2, 0.25) is 0 Å². The van der Waals surface area contributed by atoms with E-state index in [1.807, 2.05) is 12.1 Å². The highest BCUT2D eigenvalue weighted by Gasteiger charge is 1.89. The van der Waals surface area contributed by atoms with Crippen LogP contribution in [0.3, 0.4) is 0 Å². The minimum atomic E-state index is 0.687. The molecule has 1 rings (SSSR count). The second kappa shape index (κ2) is 3.61. The number of rotatable bonds is 2. The highest BCUT2D eigenvalue weighted by Crippen LogP contribution is 2.13. The zero-order valence-corrected chi connectivity index (χ0v) is 6.32. The van der Waals surface area contributed by atoms with Crippen molar-refractivity contribution in [2.75, 3.05) is 12.8 Å². The first kappa shape index (κ1) is 7.60. The molecule has 1 aromatic carbocycles. The summed E-state index contributed by atoms with van der Waals surface area (Å²) in [5, 5.41) is 0. The van der Waals surface area contributed by atoms with Gasteiger partial charge in [0.1, 0.15) is 5.75 Å². The van der Waals surface area contributed by atoms with E-state index >= 15 is 0 Å². The Labute approximate surface area is 65.5 Å². The fourth-order valence-electron chi connectivity index (χ4n) is 0.701. The van der Waals surface area contributed by atoms with E-state index in [1.165, 1.54) is 6.40 Å². The molecule has 0 aliphatic carbocycles. The Bertz CT molecular complexity index is 258. The van der Waals surface area contributed by atoms with Crippen LogP contribution >= 0.6 is 0 Å². The van der Waals surface area contributed by atoms with Crippen LogP contribution in [-0.2, 0) is 0 Å². The Morgan fingerprint density at radius 3 is 3.00 bits per heavy atom. The van der Waals surface area contributed by atoms with Gasteiger partial charge in [-0.25, -0.2) is 0 Å². The molecular formula is C8H10N2O. The van der Waals surface area contributed by atoms with Gasteiger partial charge in [-0.3, -0.25) is 4.99 Å². The van der Waals surface area contributed by atoms with Crippen LogP contribution in [0.25, 0.3) is 0 Å². The van der Waals surface area contributed by atoms with Crippen LogP contribution in [0.5, 0.6) is 5.75 Å². The number of nitrogens with two attached hydrogens (primary N) is 1. The van der Waals surface area contributed by atoms with Crippen molar-refractivity contribution >= 4 is 12.1 Å². The first-order valence-electron chi connectivity index (χ1n) is 3.26. The molecule has 0 aromatic heterocycles. The van der Waals surface area contributed by atoms with Gasteiger partial charge in [0.05, 0.1) is 0 Å². The van der Waals surface area contributed by atoms with Crippen molar-refractivity contribution in [2.24, 2.45) is 4.99 Å². The quantitative estimate of drug-likeness (QED) is 0.392. The second-order valence-electron chi connectivity index (χ2n) is 2.05. The molecule has 3 heteroatoms. The highest BCUT2D eigenvalue weighted by molar-refractivity contribution is 5.54. The van der Waals surface area contributed by atoms with Crippen molar-refractivity contribution in [1.29, 1.82) is 0 Å². The number of nitrogen functional groups attached to an aromatic ring is 1. The van der Waals surface area contributed by atoms with Gasteiger partial charge in [0.15, 0.2) is 6.40 Å². The van der Waals surface area contributed by atoms with E-state index in [0.717, 1.165) is 0 Å². The number of ether oxygens (including phenoxy) is 1. The zero-order valence-electron chi connectivity index (χ0n) is 6.32. The van der Waals surface area contributed by atoms with Crippen molar-refractivity contribution < 1.29 is 4.74 Å². The fourth-order valence-corrected chi connectivity index (χ4v) is 0.701. The summed E-state index contributed by atoms with van der Waals surface area (Å²) < 4.78 is 5.06. The molecule has 0 saturated carbocycles. The first-order chi connectivity index (χ1) is 5.33. The molecule has 0 amide bonds. The third-order valence-corrected chi connectivity index (χ3v) is 1.15. The standard InChI is InChI=1S/C8H10N2O/c1-10-6-11-8-4-2-3-7(9)5-8/h2-6H,9H2,1H3/b10-6+. The summed E-state index contributed by atoms with van der Waals surface area (Å²) in [6.45, 7) is 0. The first-order valence-corrected chi connectivity index (χ1v) is 3.26. The average molecular weight is 150 g/mol. The molecule has 0 fully saturated rings. The van der Waals surface area contributed by atoms with E-state index < -0.39 is 0 Å². The van der Waals surface area contributed by atoms with E-state index in [0.29, 0.717) is 11.4 Å². The molecular weight excluding hydrogens is 140 g/mol. The molecule has 1 aromatic rings. The highest BCUT2D eigenvalue weighted by atomic mass is 16.5. The molecule has 0 heterocycles. The normalized spacial score (nSPS) is 10.3. The summed E-state index contributed by atoms with van der Waals surface area (Å²) in [6, 6.07) is 7.18. The van der Waals surface area contributed by atoms with Crippen molar-refractivity contribution in [3.05, 3.63) is 24.3 Å². The maximum Gasteiger partial charge on any atom is 0.176 e. The van der Waals surface area contributed by atoms with Gasteiger partial charge >= 0.3 is 0 Å². The Morgan fingerprint density at radius 2 is 2.36 bits per heavy atom. The van der Waals surface area contributed by atoms with Gasteiger partial charge in [-0.2, -0.15) is 0 Å². The van der Waals surface area contributed by atoms with Crippen LogP contribution < -0.4 is 10.5 Å². The minimum Gasteiger partial charge on any atom is -0.446 e. The van der Waals surface area contributed by atoms with Crippen LogP contribution in [0, 0.1) is 0 Å². The molecule has 3 nitrogen and oxygen atoms in total. The lowest BCUT2D eigenvalue weighted by Gasteiger charge is -1.98. The predicted octanol–water partition coefficient (Wildman–Crippen LogP) is 1.31. The van der Waals surface area contributed by atoms with E-state index in [-0.39, 0.29) is 0 Å². The van der Waals surface area contributed by atoms with Crippen molar-refractivity contribution in [3.63, 3.8) is 0 Å². The lowest BCUT2D eigenvalue weighted by molar-refractivity contribution is 0.573. The molecule has 0 spiro atoms. The predicted molar refractivity (Wildman–Crippen MR) is 45.9 cm³/mol. The Morgan fingerprint density at radius 1 is 1.55 bits per heavy atom. The second-order valence-corrected chi connectivity index (χ2v) is 2.05. The van der Waals surface area contributed by atoms with Gasteiger partial charge in [0.25, 0.3) is 0 Å². The van der Waals surface area contributed by atoms with E-state index in [9.17, 15) is 0 Å². The Balaban J connectivity index is 2.71. The van der Waals surface area contributed by atoms with Gasteiger partial charge in [-0.15, -0.1) is 0 Å². The number of hydrogen-bond acceptors (Lipinski definition) is 3. The van der Waals surface area contributed by atoms with Gasteiger partial charge in [0.2, 0.25) is 0 Å². The smallest absolute Gasteiger partial charge is 0.176 e. The maximum atomic E-state index is 5.51. The largest absolute Gasteiger partial charge is 0.446 e. The minimum absolute atomic E-state index is 0.687. The SMILES string of the molecule is C/N=C/Oc1cccc(N)c1. The molecule has 2 N–H and O–H groups in total. The summed E-state index contributed by atoms with van der Waals surface area (Å²) >= 11 is 0. The molecule has 0 saturated heterocycles. The molecule has 11 heavy (non-hydrogen) atoms. The van der Waals surface area contributed by atoms with Crippen LogP contribution in [0.4, 0.5) is 5.69 Å². The van der Waals surface area contributed by atoms with Crippen LogP contribution in [0.1, 0.15) is 0 Å². The zero-order chi connectivity index (χ0) is 8.10. The van der Waals surface area contributed by atoms with Gasteiger partial charge in [0, 0.05) is 18.8 Å². The van der Waals surface area contributed by atoms with E-state index in [2.05, 4.69) is 4.99 Å². The summed E-state index contributed by atoms with van der Waals surface area (Å²) in [4.78, 5) is 3.67. The topological polar surface area (TPSA) is 47.6 Å². The summed E-state index contributed by atoms with van der Waals surface area (Å²) in [5.41, 5.74) is 6.19. The number of hydrogen-bond donors (Lipinski definition) is 1. The average Bonchev–Trinajstić information content (AvgIpc) is 2.01. The fraction of sp³-hybridized carbons (Fsp3) is 0.125. The van der Waals surface area contributed by atoms with Crippen molar-refractivity contribution in [2.45, 2.75) is 0 Å². The maximum absolute atomic E-state index is 5.51. The third-order valence-electron chi connectivity index (χ3n) is 1.15. The summed E-state index contributed by atoms with van der Waals surface area (Å²) in [6.07, 6.45) is 1.37. The van der Waals surface area contributed by atoms with E-state index in [1.54, 1.807) is 19.2 Å². The van der Waals surface area contributed by atoms with Crippen molar-refractivity contribution in [1.82, 2.24) is 0 Å². The molecule has 0 aliphatic rings. The van der Waals surface area contributed by atoms with Crippen LogP contribution in [0.15, 0.2) is 29.3 Å². The number of benzene rings is 1. The monoisotopic (exact) mass is 150 g/mol. The Kier molecular flexibility index (Phi) is 2.49. The lowest BCUT2D eigenvalue weighted by Crippen LogP contribution is -1.90. The lowest BCUT2D eigenvalue weighted by atomic mass is 10.3. The molecule has 0 bridgehead atoms. The van der Waals surface area contributed by atoms with Gasteiger partial charge in [-0.1, -0.05) is 6.07 Å². The third kappa shape index (κ3) is 2.29. The van der Waals surface area contributed by atoms with E-state index in [4.69, 9.17) is 10.5 Å². The molecule has 0 unspecified atom stereocenters. The number of anilines is 1. The molecule has 0 radical (unpaired) electrons. The molecule has 0 aliphatic heterocycles. The van der Waals surface area contributed by atoms with Crippen molar-refractivity contribution in [3.8, 4) is 5.75 Å². The summed E-state index contributed by atoms with van der Waals surface area (Å²) in [5.74, 6) is 0.704. The Hall–Kier alpha value is -1.51.